The van der Waals surface area contributed by atoms with Gasteiger partial charge in [0, 0.05) is 4.88 Å². The molecule has 4 nitrogen and oxygen atoms in total. The van der Waals surface area contributed by atoms with Crippen LogP contribution in [-0.4, -0.2) is 31.9 Å². The highest BCUT2D eigenvalue weighted by molar-refractivity contribution is 7.17. The number of benzene rings is 1. The van der Waals surface area contributed by atoms with Gasteiger partial charge < -0.3 is 14.2 Å². The molecule has 122 valence electrons. The van der Waals surface area contributed by atoms with Crippen molar-refractivity contribution in [2.45, 2.75) is 26.1 Å². The van der Waals surface area contributed by atoms with Crippen molar-refractivity contribution in [3.05, 3.63) is 46.8 Å². The van der Waals surface area contributed by atoms with Gasteiger partial charge in [-0.05, 0) is 37.1 Å². The molecule has 0 amide bonds. The molecule has 1 fully saturated rings. The first kappa shape index (κ1) is 16.2. The number of thiophene rings is 1. The van der Waals surface area contributed by atoms with Gasteiger partial charge in [0.25, 0.3) is 0 Å². The number of hydrogen-bond acceptors (Lipinski definition) is 5. The molecule has 1 saturated heterocycles. The molecule has 5 heteroatoms. The van der Waals surface area contributed by atoms with E-state index in [2.05, 4.69) is 12.1 Å². The predicted molar refractivity (Wildman–Crippen MR) is 89.8 cm³/mol. The van der Waals surface area contributed by atoms with Crippen LogP contribution in [0, 0.1) is 0 Å². The summed E-state index contributed by atoms with van der Waals surface area (Å²) in [5, 5.41) is 0. The SMILES string of the molecule is CCOC(=O)c1ccc(-c2ccccc2C(C)OC[C@H]2CO2)s1. The van der Waals surface area contributed by atoms with Crippen LogP contribution in [-0.2, 0) is 14.2 Å². The third-order valence-electron chi connectivity index (χ3n) is 3.68. The lowest BCUT2D eigenvalue weighted by Gasteiger charge is -2.16. The van der Waals surface area contributed by atoms with E-state index in [9.17, 15) is 4.79 Å². The molecule has 0 saturated carbocycles. The second-order valence-corrected chi connectivity index (χ2v) is 6.49. The first-order chi connectivity index (χ1) is 11.2. The third kappa shape index (κ3) is 3.99. The topological polar surface area (TPSA) is 48.1 Å². The van der Waals surface area contributed by atoms with Crippen molar-refractivity contribution in [2.24, 2.45) is 0 Å². The molecule has 0 N–H and O–H groups in total. The zero-order valence-electron chi connectivity index (χ0n) is 13.3. The fraction of sp³-hybridized carbons (Fsp3) is 0.389. The van der Waals surface area contributed by atoms with Gasteiger partial charge in [0.2, 0.25) is 0 Å². The Hall–Kier alpha value is -1.69. The maximum atomic E-state index is 11.8. The zero-order chi connectivity index (χ0) is 16.2. The smallest absolute Gasteiger partial charge is 0.348 e. The van der Waals surface area contributed by atoms with Crippen LogP contribution in [0.1, 0.15) is 35.2 Å². The van der Waals surface area contributed by atoms with Crippen LogP contribution in [0.15, 0.2) is 36.4 Å². The minimum Gasteiger partial charge on any atom is -0.462 e. The van der Waals surface area contributed by atoms with Gasteiger partial charge >= 0.3 is 5.97 Å². The lowest BCUT2D eigenvalue weighted by Crippen LogP contribution is -2.07. The fourth-order valence-corrected chi connectivity index (χ4v) is 3.32. The molecule has 0 bridgehead atoms. The van der Waals surface area contributed by atoms with E-state index in [0.29, 0.717) is 18.1 Å². The van der Waals surface area contributed by atoms with Crippen molar-refractivity contribution in [3.63, 3.8) is 0 Å². The molecule has 2 aromatic rings. The minimum atomic E-state index is -0.267. The van der Waals surface area contributed by atoms with E-state index in [1.807, 2.05) is 38.1 Å². The first-order valence-corrected chi connectivity index (χ1v) is 8.60. The average molecular weight is 332 g/mol. The van der Waals surface area contributed by atoms with Crippen molar-refractivity contribution in [1.29, 1.82) is 0 Å². The number of epoxide rings is 1. The van der Waals surface area contributed by atoms with E-state index in [0.717, 1.165) is 22.6 Å². The first-order valence-electron chi connectivity index (χ1n) is 7.78. The summed E-state index contributed by atoms with van der Waals surface area (Å²) in [4.78, 5) is 13.5. The van der Waals surface area contributed by atoms with Crippen LogP contribution in [0.25, 0.3) is 10.4 Å². The van der Waals surface area contributed by atoms with Gasteiger partial charge in [0.1, 0.15) is 11.0 Å². The Morgan fingerprint density at radius 1 is 1.35 bits per heavy atom. The van der Waals surface area contributed by atoms with E-state index >= 15 is 0 Å². The van der Waals surface area contributed by atoms with Crippen molar-refractivity contribution < 1.29 is 19.0 Å². The Labute approximate surface area is 140 Å². The van der Waals surface area contributed by atoms with Gasteiger partial charge in [-0.25, -0.2) is 4.79 Å². The summed E-state index contributed by atoms with van der Waals surface area (Å²) < 4.78 is 16.1. The van der Waals surface area contributed by atoms with Crippen LogP contribution in [0.3, 0.4) is 0 Å². The van der Waals surface area contributed by atoms with Crippen molar-refractivity contribution in [3.8, 4) is 10.4 Å². The number of hydrogen-bond donors (Lipinski definition) is 0. The molecule has 23 heavy (non-hydrogen) atoms. The minimum absolute atomic E-state index is 0.0245. The zero-order valence-corrected chi connectivity index (χ0v) is 14.1. The van der Waals surface area contributed by atoms with Crippen LogP contribution in [0.4, 0.5) is 0 Å². The molecular weight excluding hydrogens is 312 g/mol. The van der Waals surface area contributed by atoms with E-state index in [-0.39, 0.29) is 18.2 Å². The monoisotopic (exact) mass is 332 g/mol. The molecule has 0 aliphatic carbocycles. The van der Waals surface area contributed by atoms with Gasteiger partial charge in [-0.3, -0.25) is 0 Å². The molecule has 2 atom stereocenters. The van der Waals surface area contributed by atoms with Crippen LogP contribution >= 0.6 is 11.3 Å². The Bertz CT molecular complexity index is 675. The summed E-state index contributed by atoms with van der Waals surface area (Å²) in [5.41, 5.74) is 2.21. The van der Waals surface area contributed by atoms with E-state index in [1.165, 1.54) is 11.3 Å². The van der Waals surface area contributed by atoms with Gasteiger partial charge in [-0.2, -0.15) is 0 Å². The van der Waals surface area contributed by atoms with Crippen LogP contribution in [0.2, 0.25) is 0 Å². The number of esters is 1. The Kier molecular flexibility index (Phi) is 5.10. The summed E-state index contributed by atoms with van der Waals surface area (Å²) in [7, 11) is 0. The summed E-state index contributed by atoms with van der Waals surface area (Å²) in [6, 6.07) is 11.9. The standard InChI is InChI=1S/C18H20O4S/c1-3-20-18(19)17-9-8-16(23-17)15-7-5-4-6-14(15)12(2)21-10-13-11-22-13/h4-9,12-13H,3,10-11H2,1-2H3/t12?,13-/m0/s1. The highest BCUT2D eigenvalue weighted by Crippen LogP contribution is 2.35. The van der Waals surface area contributed by atoms with E-state index in [1.54, 1.807) is 0 Å². The molecular formula is C18H20O4S. The number of ether oxygens (including phenoxy) is 3. The van der Waals surface area contributed by atoms with Crippen molar-refractivity contribution >= 4 is 17.3 Å². The molecule has 1 aliphatic rings. The van der Waals surface area contributed by atoms with E-state index < -0.39 is 0 Å². The average Bonchev–Trinajstić information content (AvgIpc) is 3.27. The molecule has 3 rings (SSSR count). The fourth-order valence-electron chi connectivity index (χ4n) is 2.38. The second-order valence-electron chi connectivity index (χ2n) is 5.40. The Morgan fingerprint density at radius 3 is 2.87 bits per heavy atom. The second kappa shape index (κ2) is 7.25. The highest BCUT2D eigenvalue weighted by Gasteiger charge is 2.24. The van der Waals surface area contributed by atoms with Gasteiger partial charge in [0.15, 0.2) is 0 Å². The number of carbonyl (C=O) groups is 1. The molecule has 1 aliphatic heterocycles. The predicted octanol–water partition coefficient (Wildman–Crippen LogP) is 4.07. The van der Waals surface area contributed by atoms with Crippen LogP contribution in [0.5, 0.6) is 0 Å². The van der Waals surface area contributed by atoms with Crippen LogP contribution < -0.4 is 0 Å². The molecule has 2 heterocycles. The maximum Gasteiger partial charge on any atom is 0.348 e. The Morgan fingerprint density at radius 2 is 2.13 bits per heavy atom. The summed E-state index contributed by atoms with van der Waals surface area (Å²) in [6.45, 7) is 5.65. The quantitative estimate of drug-likeness (QED) is 0.566. The molecule has 1 aromatic carbocycles. The lowest BCUT2D eigenvalue weighted by atomic mass is 10.0. The summed E-state index contributed by atoms with van der Waals surface area (Å²) >= 11 is 1.45. The van der Waals surface area contributed by atoms with Gasteiger partial charge in [0.05, 0.1) is 25.9 Å². The highest BCUT2D eigenvalue weighted by atomic mass is 32.1. The van der Waals surface area contributed by atoms with Crippen molar-refractivity contribution in [1.82, 2.24) is 0 Å². The largest absolute Gasteiger partial charge is 0.462 e. The molecule has 1 unspecified atom stereocenters. The maximum absolute atomic E-state index is 11.8. The number of carbonyl (C=O) groups excluding carboxylic acids is 1. The third-order valence-corrected chi connectivity index (χ3v) is 4.78. The molecule has 0 spiro atoms. The van der Waals surface area contributed by atoms with E-state index in [4.69, 9.17) is 14.2 Å². The molecule has 0 radical (unpaired) electrons. The molecule has 1 aromatic heterocycles. The van der Waals surface area contributed by atoms with Gasteiger partial charge in [-0.1, -0.05) is 24.3 Å². The number of rotatable bonds is 7. The normalized spacial score (nSPS) is 17.7. The lowest BCUT2D eigenvalue weighted by molar-refractivity contribution is 0.0531. The summed E-state index contributed by atoms with van der Waals surface area (Å²) in [6.07, 6.45) is 0.227. The van der Waals surface area contributed by atoms with Gasteiger partial charge in [-0.15, -0.1) is 11.3 Å². The van der Waals surface area contributed by atoms with Crippen molar-refractivity contribution in [2.75, 3.05) is 19.8 Å². The Balaban J connectivity index is 1.80. The summed E-state index contributed by atoms with van der Waals surface area (Å²) in [5.74, 6) is -0.267.